The molecule has 2 heterocycles. The zero-order valence-corrected chi connectivity index (χ0v) is 10.4. The van der Waals surface area contributed by atoms with E-state index in [0.29, 0.717) is 12.5 Å². The molecule has 0 amide bonds. The third kappa shape index (κ3) is 3.22. The first kappa shape index (κ1) is 13.3. The molecular formula is C13H17F3N2. The summed E-state index contributed by atoms with van der Waals surface area (Å²) in [6.07, 6.45) is -1.05. The predicted molar refractivity (Wildman–Crippen MR) is 62.9 cm³/mol. The molecule has 0 radical (unpaired) electrons. The fourth-order valence-electron chi connectivity index (χ4n) is 2.28. The molecule has 0 saturated carbocycles. The van der Waals surface area contributed by atoms with Gasteiger partial charge in [0.25, 0.3) is 0 Å². The topological polar surface area (TPSA) is 16.1 Å². The third-order valence-electron chi connectivity index (χ3n) is 3.43. The molecular weight excluding hydrogens is 241 g/mol. The zero-order valence-electron chi connectivity index (χ0n) is 10.4. The van der Waals surface area contributed by atoms with E-state index in [4.69, 9.17) is 0 Å². The Labute approximate surface area is 105 Å². The molecule has 0 unspecified atom stereocenters. The van der Waals surface area contributed by atoms with Crippen molar-refractivity contribution >= 4 is 0 Å². The maximum atomic E-state index is 12.8. The van der Waals surface area contributed by atoms with E-state index in [9.17, 15) is 13.2 Å². The van der Waals surface area contributed by atoms with Crippen LogP contribution in [0.2, 0.25) is 0 Å². The Morgan fingerprint density at radius 3 is 2.61 bits per heavy atom. The van der Waals surface area contributed by atoms with Crippen molar-refractivity contribution in [3.63, 3.8) is 0 Å². The lowest BCUT2D eigenvalue weighted by Gasteiger charge is -2.30. The van der Waals surface area contributed by atoms with Crippen LogP contribution in [-0.2, 0) is 12.7 Å². The highest BCUT2D eigenvalue weighted by Gasteiger charge is 2.35. The number of pyridine rings is 1. The molecule has 100 valence electrons. The van der Waals surface area contributed by atoms with Gasteiger partial charge >= 0.3 is 6.18 Å². The number of rotatable bonds is 2. The van der Waals surface area contributed by atoms with Crippen molar-refractivity contribution in [1.82, 2.24) is 9.88 Å². The molecule has 0 bridgehead atoms. The van der Waals surface area contributed by atoms with Gasteiger partial charge in [0.2, 0.25) is 0 Å². The fraction of sp³-hybridized carbons (Fsp3) is 0.615. The van der Waals surface area contributed by atoms with Crippen LogP contribution in [0, 0.1) is 5.92 Å². The number of piperidine rings is 1. The van der Waals surface area contributed by atoms with Gasteiger partial charge in [-0.15, -0.1) is 0 Å². The minimum atomic E-state index is -4.36. The van der Waals surface area contributed by atoms with E-state index in [0.717, 1.165) is 25.9 Å². The number of hydrogen-bond donors (Lipinski definition) is 0. The second-order valence-electron chi connectivity index (χ2n) is 4.97. The van der Waals surface area contributed by atoms with Gasteiger partial charge in [0.1, 0.15) is 5.69 Å². The summed E-state index contributed by atoms with van der Waals surface area (Å²) in [5.41, 5.74) is -0.469. The molecule has 1 fully saturated rings. The maximum absolute atomic E-state index is 12.8. The van der Waals surface area contributed by atoms with Crippen LogP contribution < -0.4 is 0 Å². The van der Waals surface area contributed by atoms with E-state index in [1.54, 1.807) is 6.07 Å². The number of likely N-dealkylation sites (tertiary alicyclic amines) is 1. The Morgan fingerprint density at radius 1 is 1.33 bits per heavy atom. The van der Waals surface area contributed by atoms with Crippen LogP contribution >= 0.6 is 0 Å². The fourth-order valence-corrected chi connectivity index (χ4v) is 2.28. The van der Waals surface area contributed by atoms with E-state index in [2.05, 4.69) is 16.8 Å². The summed E-state index contributed by atoms with van der Waals surface area (Å²) in [6, 6.07) is 3.09. The Morgan fingerprint density at radius 2 is 2.00 bits per heavy atom. The molecule has 0 aromatic carbocycles. The zero-order chi connectivity index (χ0) is 13.2. The molecule has 2 rings (SSSR count). The SMILES string of the molecule is CC1CCN(Cc2cccnc2C(F)(F)F)CC1. The minimum Gasteiger partial charge on any atom is -0.299 e. The highest BCUT2D eigenvalue weighted by Crippen LogP contribution is 2.31. The van der Waals surface area contributed by atoms with Gasteiger partial charge < -0.3 is 0 Å². The van der Waals surface area contributed by atoms with Gasteiger partial charge in [0.15, 0.2) is 0 Å². The van der Waals surface area contributed by atoms with Crippen LogP contribution in [-0.4, -0.2) is 23.0 Å². The molecule has 0 spiro atoms. The van der Waals surface area contributed by atoms with Crippen molar-refractivity contribution in [1.29, 1.82) is 0 Å². The van der Waals surface area contributed by atoms with Gasteiger partial charge in [-0.2, -0.15) is 13.2 Å². The molecule has 0 atom stereocenters. The smallest absolute Gasteiger partial charge is 0.299 e. The Bertz CT molecular complexity index is 395. The van der Waals surface area contributed by atoms with Crippen LogP contribution in [0.5, 0.6) is 0 Å². The Kier molecular flexibility index (Phi) is 3.90. The number of alkyl halides is 3. The average Bonchev–Trinajstić information content (AvgIpc) is 2.31. The van der Waals surface area contributed by atoms with E-state index in [1.165, 1.54) is 12.3 Å². The molecule has 0 aliphatic carbocycles. The number of aromatic nitrogens is 1. The molecule has 5 heteroatoms. The maximum Gasteiger partial charge on any atom is 0.433 e. The molecule has 18 heavy (non-hydrogen) atoms. The van der Waals surface area contributed by atoms with Crippen LogP contribution in [0.1, 0.15) is 31.0 Å². The highest BCUT2D eigenvalue weighted by molar-refractivity contribution is 5.22. The van der Waals surface area contributed by atoms with Crippen molar-refractivity contribution in [3.05, 3.63) is 29.6 Å². The highest BCUT2D eigenvalue weighted by atomic mass is 19.4. The van der Waals surface area contributed by atoms with Crippen LogP contribution in [0.4, 0.5) is 13.2 Å². The first-order valence-electron chi connectivity index (χ1n) is 6.20. The summed E-state index contributed by atoms with van der Waals surface area (Å²) in [4.78, 5) is 5.55. The van der Waals surface area contributed by atoms with Gasteiger partial charge in [-0.05, 0) is 43.5 Å². The van der Waals surface area contributed by atoms with Gasteiger partial charge in [-0.3, -0.25) is 9.88 Å². The van der Waals surface area contributed by atoms with Crippen LogP contribution in [0.3, 0.4) is 0 Å². The van der Waals surface area contributed by atoms with Gasteiger partial charge in [-0.25, -0.2) is 0 Å². The van der Waals surface area contributed by atoms with E-state index in [1.807, 2.05) is 0 Å². The van der Waals surface area contributed by atoms with Crippen molar-refractivity contribution < 1.29 is 13.2 Å². The summed E-state index contributed by atoms with van der Waals surface area (Å²) < 4.78 is 38.4. The average molecular weight is 258 g/mol. The van der Waals surface area contributed by atoms with Crippen molar-refractivity contribution in [2.45, 2.75) is 32.5 Å². The van der Waals surface area contributed by atoms with Crippen molar-refractivity contribution in [3.8, 4) is 0 Å². The van der Waals surface area contributed by atoms with Gasteiger partial charge in [-0.1, -0.05) is 13.0 Å². The Hall–Kier alpha value is -1.10. The lowest BCUT2D eigenvalue weighted by molar-refractivity contribution is -0.142. The molecule has 1 aliphatic heterocycles. The second-order valence-corrected chi connectivity index (χ2v) is 4.97. The molecule has 1 aromatic heterocycles. The third-order valence-corrected chi connectivity index (χ3v) is 3.43. The Balaban J connectivity index is 2.10. The predicted octanol–water partition coefficient (Wildman–Crippen LogP) is 3.33. The number of hydrogen-bond acceptors (Lipinski definition) is 2. The molecule has 1 aliphatic rings. The quantitative estimate of drug-likeness (QED) is 0.809. The first-order valence-corrected chi connectivity index (χ1v) is 6.20. The van der Waals surface area contributed by atoms with Gasteiger partial charge in [0.05, 0.1) is 0 Å². The summed E-state index contributed by atoms with van der Waals surface area (Å²) in [5, 5.41) is 0. The number of halogens is 3. The standard InChI is InChI=1S/C13H17F3N2/c1-10-4-7-18(8-5-10)9-11-3-2-6-17-12(11)13(14,15)16/h2-3,6,10H,4-5,7-9H2,1H3. The van der Waals surface area contributed by atoms with Crippen molar-refractivity contribution in [2.24, 2.45) is 5.92 Å². The number of nitrogens with zero attached hydrogens (tertiary/aromatic N) is 2. The monoisotopic (exact) mass is 258 g/mol. The summed E-state index contributed by atoms with van der Waals surface area (Å²) in [6.45, 7) is 4.26. The largest absolute Gasteiger partial charge is 0.433 e. The molecule has 1 aromatic rings. The minimum absolute atomic E-state index is 0.277. The molecule has 0 N–H and O–H groups in total. The summed E-state index contributed by atoms with van der Waals surface area (Å²) in [5.74, 6) is 0.678. The lowest BCUT2D eigenvalue weighted by Crippen LogP contribution is -2.33. The first-order chi connectivity index (χ1) is 8.47. The summed E-state index contributed by atoms with van der Waals surface area (Å²) >= 11 is 0. The molecule has 2 nitrogen and oxygen atoms in total. The van der Waals surface area contributed by atoms with Crippen LogP contribution in [0.15, 0.2) is 18.3 Å². The second kappa shape index (κ2) is 5.26. The summed E-state index contributed by atoms with van der Waals surface area (Å²) in [7, 11) is 0. The lowest BCUT2D eigenvalue weighted by atomic mass is 9.98. The normalized spacial score (nSPS) is 19.1. The van der Waals surface area contributed by atoms with E-state index in [-0.39, 0.29) is 5.56 Å². The molecule has 1 saturated heterocycles. The van der Waals surface area contributed by atoms with Gasteiger partial charge in [0, 0.05) is 12.7 Å². The van der Waals surface area contributed by atoms with E-state index >= 15 is 0 Å². The van der Waals surface area contributed by atoms with E-state index < -0.39 is 11.9 Å². The van der Waals surface area contributed by atoms with Crippen molar-refractivity contribution in [2.75, 3.05) is 13.1 Å². The van der Waals surface area contributed by atoms with Crippen LogP contribution in [0.25, 0.3) is 0 Å².